The molecule has 0 radical (unpaired) electrons. The second-order valence-corrected chi connectivity index (χ2v) is 4.19. The van der Waals surface area contributed by atoms with E-state index in [1.165, 1.54) is 0 Å². The largest absolute Gasteiger partial charge is 0.493 e. The monoisotopic (exact) mass is 301 g/mol. The molecule has 1 aromatic rings. The van der Waals surface area contributed by atoms with Crippen LogP contribution >= 0.6 is 15.9 Å². The molecule has 17 heavy (non-hydrogen) atoms. The minimum absolute atomic E-state index is 0.209. The van der Waals surface area contributed by atoms with Crippen LogP contribution in [0.5, 0.6) is 5.75 Å². The summed E-state index contributed by atoms with van der Waals surface area (Å²) in [5.41, 5.74) is 0. The van der Waals surface area contributed by atoms with E-state index in [0.717, 1.165) is 4.47 Å². The molecule has 0 heterocycles. The summed E-state index contributed by atoms with van der Waals surface area (Å²) in [4.78, 5) is 20.9. The van der Waals surface area contributed by atoms with E-state index >= 15 is 0 Å². The fourth-order valence-electron chi connectivity index (χ4n) is 1.21. The number of nitrogens with one attached hydrogen (secondary N) is 1. The SMILES string of the molecule is O=CNC(CCOc1cccc(Br)c1)C(=O)O. The number of aliphatic carboxylic acids is 1. The van der Waals surface area contributed by atoms with Gasteiger partial charge in [-0.15, -0.1) is 0 Å². The van der Waals surface area contributed by atoms with Gasteiger partial charge in [0.25, 0.3) is 0 Å². The first-order valence-electron chi connectivity index (χ1n) is 4.94. The Labute approximate surface area is 107 Å². The normalized spacial score (nSPS) is 11.6. The molecule has 0 aliphatic rings. The lowest BCUT2D eigenvalue weighted by Gasteiger charge is -2.12. The molecule has 0 bridgehead atoms. The smallest absolute Gasteiger partial charge is 0.326 e. The molecule has 0 aliphatic heterocycles. The van der Waals surface area contributed by atoms with Gasteiger partial charge >= 0.3 is 5.97 Å². The zero-order valence-electron chi connectivity index (χ0n) is 8.93. The Morgan fingerprint density at radius 3 is 2.94 bits per heavy atom. The molecule has 0 aromatic heterocycles. The summed E-state index contributed by atoms with van der Waals surface area (Å²) in [5.74, 6) is -0.426. The summed E-state index contributed by atoms with van der Waals surface area (Å²) in [7, 11) is 0. The predicted octanol–water partition coefficient (Wildman–Crippen LogP) is 1.42. The summed E-state index contributed by atoms with van der Waals surface area (Å²) in [6.45, 7) is 0.217. The highest BCUT2D eigenvalue weighted by atomic mass is 79.9. The summed E-state index contributed by atoms with van der Waals surface area (Å²) in [6.07, 6.45) is 0.582. The number of rotatable bonds is 7. The third kappa shape index (κ3) is 4.86. The van der Waals surface area contributed by atoms with Crippen LogP contribution in [0.15, 0.2) is 28.7 Å². The standard InChI is InChI=1S/C11H12BrNO4/c12-8-2-1-3-9(6-8)17-5-4-10(11(15)16)13-7-14/h1-3,6-7,10H,4-5H2,(H,13,14)(H,15,16). The third-order valence-electron chi connectivity index (χ3n) is 2.04. The maximum absolute atomic E-state index is 10.7. The van der Waals surface area contributed by atoms with Crippen LogP contribution < -0.4 is 10.1 Å². The van der Waals surface area contributed by atoms with E-state index in [4.69, 9.17) is 9.84 Å². The highest BCUT2D eigenvalue weighted by Gasteiger charge is 2.15. The Hall–Kier alpha value is -1.56. The molecule has 0 saturated carbocycles. The number of ether oxygens (including phenoxy) is 1. The highest BCUT2D eigenvalue weighted by Crippen LogP contribution is 2.17. The van der Waals surface area contributed by atoms with Crippen molar-refractivity contribution in [2.45, 2.75) is 12.5 Å². The Bertz CT molecular complexity index is 397. The molecular weight excluding hydrogens is 290 g/mol. The molecule has 5 nitrogen and oxygen atoms in total. The van der Waals surface area contributed by atoms with Gasteiger partial charge in [0.2, 0.25) is 6.41 Å². The van der Waals surface area contributed by atoms with E-state index in [1.54, 1.807) is 12.1 Å². The number of halogens is 1. The van der Waals surface area contributed by atoms with Gasteiger partial charge in [0.15, 0.2) is 0 Å². The van der Waals surface area contributed by atoms with E-state index in [1.807, 2.05) is 12.1 Å². The van der Waals surface area contributed by atoms with Gasteiger partial charge in [-0.1, -0.05) is 22.0 Å². The van der Waals surface area contributed by atoms with Crippen molar-refractivity contribution in [3.8, 4) is 5.75 Å². The molecule has 6 heteroatoms. The zero-order valence-corrected chi connectivity index (χ0v) is 10.5. The van der Waals surface area contributed by atoms with Crippen molar-refractivity contribution < 1.29 is 19.4 Å². The minimum Gasteiger partial charge on any atom is -0.493 e. The van der Waals surface area contributed by atoms with Crippen molar-refractivity contribution in [1.29, 1.82) is 0 Å². The fourth-order valence-corrected chi connectivity index (χ4v) is 1.59. The van der Waals surface area contributed by atoms with Crippen LogP contribution in [0.1, 0.15) is 6.42 Å². The van der Waals surface area contributed by atoms with Crippen LogP contribution in [0.3, 0.4) is 0 Å². The van der Waals surface area contributed by atoms with Gasteiger partial charge < -0.3 is 15.2 Å². The van der Waals surface area contributed by atoms with Crippen molar-refractivity contribution in [2.24, 2.45) is 0 Å². The van der Waals surface area contributed by atoms with E-state index in [9.17, 15) is 9.59 Å². The van der Waals surface area contributed by atoms with Crippen molar-refractivity contribution in [3.63, 3.8) is 0 Å². The molecular formula is C11H12BrNO4. The molecule has 0 spiro atoms. The van der Waals surface area contributed by atoms with Crippen molar-refractivity contribution in [1.82, 2.24) is 5.32 Å². The molecule has 1 amide bonds. The topological polar surface area (TPSA) is 75.6 Å². The maximum atomic E-state index is 10.7. The molecule has 1 unspecified atom stereocenters. The Balaban J connectivity index is 2.40. The quantitative estimate of drug-likeness (QED) is 0.747. The molecule has 1 atom stereocenters. The second-order valence-electron chi connectivity index (χ2n) is 3.27. The number of hydrogen-bond donors (Lipinski definition) is 2. The van der Waals surface area contributed by atoms with Crippen molar-refractivity contribution >= 4 is 28.3 Å². The van der Waals surface area contributed by atoms with Crippen LogP contribution in [0.25, 0.3) is 0 Å². The predicted molar refractivity (Wildman–Crippen MR) is 64.9 cm³/mol. The Kier molecular flexibility index (Phi) is 5.48. The van der Waals surface area contributed by atoms with E-state index in [-0.39, 0.29) is 13.0 Å². The average molecular weight is 302 g/mol. The highest BCUT2D eigenvalue weighted by molar-refractivity contribution is 9.10. The summed E-state index contributed by atoms with van der Waals surface area (Å²) in [6, 6.07) is 6.31. The van der Waals surface area contributed by atoms with E-state index < -0.39 is 12.0 Å². The molecule has 0 aliphatic carbocycles. The number of carbonyl (C=O) groups excluding carboxylic acids is 1. The molecule has 0 saturated heterocycles. The number of carboxylic acid groups (broad SMARTS) is 1. The lowest BCUT2D eigenvalue weighted by atomic mass is 10.2. The second kappa shape index (κ2) is 6.90. The lowest BCUT2D eigenvalue weighted by Crippen LogP contribution is -2.36. The molecule has 92 valence electrons. The first-order valence-corrected chi connectivity index (χ1v) is 5.73. The molecule has 2 N–H and O–H groups in total. The fraction of sp³-hybridized carbons (Fsp3) is 0.273. The Morgan fingerprint density at radius 1 is 1.59 bits per heavy atom. The number of amides is 1. The number of carbonyl (C=O) groups is 2. The lowest BCUT2D eigenvalue weighted by molar-refractivity contribution is -0.140. The van der Waals surface area contributed by atoms with Gasteiger partial charge in [-0.2, -0.15) is 0 Å². The number of hydrogen-bond acceptors (Lipinski definition) is 3. The minimum atomic E-state index is -1.07. The third-order valence-corrected chi connectivity index (χ3v) is 2.53. The van der Waals surface area contributed by atoms with Gasteiger partial charge in [0, 0.05) is 10.9 Å². The van der Waals surface area contributed by atoms with Crippen LogP contribution in [-0.4, -0.2) is 30.1 Å². The van der Waals surface area contributed by atoms with Gasteiger partial charge in [0.05, 0.1) is 6.61 Å². The van der Waals surface area contributed by atoms with E-state index in [2.05, 4.69) is 21.2 Å². The summed E-state index contributed by atoms with van der Waals surface area (Å²) in [5, 5.41) is 11.0. The number of carboxylic acids is 1. The molecule has 1 rings (SSSR count). The maximum Gasteiger partial charge on any atom is 0.326 e. The van der Waals surface area contributed by atoms with E-state index in [0.29, 0.717) is 12.2 Å². The summed E-state index contributed by atoms with van der Waals surface area (Å²) < 4.78 is 6.25. The zero-order chi connectivity index (χ0) is 12.7. The Morgan fingerprint density at radius 2 is 2.35 bits per heavy atom. The van der Waals surface area contributed by atoms with Gasteiger partial charge in [-0.3, -0.25) is 4.79 Å². The van der Waals surface area contributed by atoms with Gasteiger partial charge in [0.1, 0.15) is 11.8 Å². The van der Waals surface area contributed by atoms with Crippen molar-refractivity contribution in [3.05, 3.63) is 28.7 Å². The van der Waals surface area contributed by atoms with Gasteiger partial charge in [-0.05, 0) is 18.2 Å². The van der Waals surface area contributed by atoms with Crippen LogP contribution in [0.4, 0.5) is 0 Å². The molecule has 1 aromatic carbocycles. The van der Waals surface area contributed by atoms with Crippen LogP contribution in [-0.2, 0) is 9.59 Å². The number of benzene rings is 1. The van der Waals surface area contributed by atoms with Crippen LogP contribution in [0, 0.1) is 0 Å². The first-order chi connectivity index (χ1) is 8.13. The van der Waals surface area contributed by atoms with Gasteiger partial charge in [-0.25, -0.2) is 4.79 Å². The van der Waals surface area contributed by atoms with Crippen LogP contribution in [0.2, 0.25) is 0 Å². The van der Waals surface area contributed by atoms with Crippen molar-refractivity contribution in [2.75, 3.05) is 6.61 Å². The average Bonchev–Trinajstić information content (AvgIpc) is 2.28. The summed E-state index contributed by atoms with van der Waals surface area (Å²) >= 11 is 3.30. The first kappa shape index (κ1) is 13.5. The molecule has 0 fully saturated rings.